The van der Waals surface area contributed by atoms with E-state index >= 15 is 0 Å². The van der Waals surface area contributed by atoms with E-state index in [0.29, 0.717) is 5.56 Å². The summed E-state index contributed by atoms with van der Waals surface area (Å²) in [4.78, 5) is 26.3. The standard InChI is InChI=1S/C30H23NO4/c1-34-28(32)30(29(33)35-2)16-24-25(17-30)27(21-11-7-4-8-12-21)23-15-19(18-31)13-14-22(23)26(24)20-9-5-3-6-10-20/h3-15H,16-17H2,1-2H3. The van der Waals surface area contributed by atoms with Crippen molar-refractivity contribution < 1.29 is 19.1 Å². The van der Waals surface area contributed by atoms with E-state index in [-0.39, 0.29) is 12.8 Å². The Morgan fingerprint density at radius 2 is 1.23 bits per heavy atom. The monoisotopic (exact) mass is 461 g/mol. The van der Waals surface area contributed by atoms with Crippen molar-refractivity contribution >= 4 is 22.7 Å². The van der Waals surface area contributed by atoms with Gasteiger partial charge in [-0.1, -0.05) is 66.7 Å². The molecule has 0 unspecified atom stereocenters. The van der Waals surface area contributed by atoms with Crippen molar-refractivity contribution in [2.24, 2.45) is 5.41 Å². The third-order valence-electron chi connectivity index (χ3n) is 6.89. The Morgan fingerprint density at radius 3 is 1.69 bits per heavy atom. The zero-order chi connectivity index (χ0) is 24.6. The molecule has 0 fully saturated rings. The third kappa shape index (κ3) is 3.46. The number of fused-ring (bicyclic) bond motifs is 2. The summed E-state index contributed by atoms with van der Waals surface area (Å²) in [7, 11) is 2.59. The minimum atomic E-state index is -1.48. The average molecular weight is 462 g/mol. The van der Waals surface area contributed by atoms with Crippen LogP contribution in [0.2, 0.25) is 0 Å². The molecule has 4 aromatic rings. The second-order valence-corrected chi connectivity index (χ2v) is 8.73. The molecule has 0 bridgehead atoms. The van der Waals surface area contributed by atoms with Crippen molar-refractivity contribution in [1.82, 2.24) is 0 Å². The van der Waals surface area contributed by atoms with E-state index in [9.17, 15) is 14.9 Å². The number of ether oxygens (including phenoxy) is 2. The van der Waals surface area contributed by atoms with Crippen LogP contribution in [0.1, 0.15) is 16.7 Å². The first-order chi connectivity index (χ1) is 17.0. The number of carbonyl (C=O) groups is 2. The lowest BCUT2D eigenvalue weighted by molar-refractivity contribution is -0.168. The smallest absolute Gasteiger partial charge is 0.323 e. The molecule has 0 aliphatic heterocycles. The maximum absolute atomic E-state index is 13.1. The van der Waals surface area contributed by atoms with Gasteiger partial charge in [-0.2, -0.15) is 5.26 Å². The van der Waals surface area contributed by atoms with E-state index in [0.717, 1.165) is 44.2 Å². The molecule has 0 heterocycles. The van der Waals surface area contributed by atoms with Crippen molar-refractivity contribution in [1.29, 1.82) is 5.26 Å². The highest BCUT2D eigenvalue weighted by molar-refractivity contribution is 6.11. The van der Waals surface area contributed by atoms with Gasteiger partial charge in [-0.3, -0.25) is 9.59 Å². The molecule has 35 heavy (non-hydrogen) atoms. The maximum atomic E-state index is 13.1. The Morgan fingerprint density at radius 1 is 0.743 bits per heavy atom. The summed E-state index contributed by atoms with van der Waals surface area (Å²) in [6.07, 6.45) is 0.320. The lowest BCUT2D eigenvalue weighted by atomic mass is 9.84. The first-order valence-corrected chi connectivity index (χ1v) is 11.3. The van der Waals surface area contributed by atoms with Crippen LogP contribution in [0, 0.1) is 16.7 Å². The Bertz CT molecular complexity index is 1480. The topological polar surface area (TPSA) is 76.4 Å². The van der Waals surface area contributed by atoms with Gasteiger partial charge in [-0.15, -0.1) is 0 Å². The minimum absolute atomic E-state index is 0.151. The third-order valence-corrected chi connectivity index (χ3v) is 6.89. The highest BCUT2D eigenvalue weighted by Gasteiger charge is 2.54. The largest absolute Gasteiger partial charge is 0.468 e. The molecule has 5 rings (SSSR count). The zero-order valence-electron chi connectivity index (χ0n) is 19.5. The number of nitriles is 1. The molecule has 0 amide bonds. The molecular formula is C30H23NO4. The lowest BCUT2D eigenvalue weighted by Crippen LogP contribution is -2.42. The van der Waals surface area contributed by atoms with E-state index in [1.54, 1.807) is 6.07 Å². The van der Waals surface area contributed by atoms with Gasteiger partial charge in [0.2, 0.25) is 0 Å². The van der Waals surface area contributed by atoms with Crippen LogP contribution in [-0.4, -0.2) is 26.2 Å². The van der Waals surface area contributed by atoms with Crippen LogP contribution in [0.5, 0.6) is 0 Å². The predicted octanol–water partition coefficient (Wildman–Crippen LogP) is 5.48. The maximum Gasteiger partial charge on any atom is 0.323 e. The van der Waals surface area contributed by atoms with Gasteiger partial charge in [0.15, 0.2) is 5.41 Å². The van der Waals surface area contributed by atoms with Crippen molar-refractivity contribution in [3.63, 3.8) is 0 Å². The van der Waals surface area contributed by atoms with Gasteiger partial charge >= 0.3 is 11.9 Å². The van der Waals surface area contributed by atoms with Gasteiger partial charge in [0, 0.05) is 12.8 Å². The van der Waals surface area contributed by atoms with Crippen LogP contribution >= 0.6 is 0 Å². The average Bonchev–Trinajstić information content (AvgIpc) is 3.32. The predicted molar refractivity (Wildman–Crippen MR) is 133 cm³/mol. The number of benzene rings is 4. The first kappa shape index (κ1) is 22.4. The molecule has 1 aliphatic carbocycles. The van der Waals surface area contributed by atoms with Gasteiger partial charge in [-0.25, -0.2) is 0 Å². The molecular weight excluding hydrogens is 438 g/mol. The molecule has 5 heteroatoms. The SMILES string of the molecule is COC(=O)C1(C(=O)OC)Cc2c(c(-c3ccccc3)c3cc(C#N)ccc3c2-c2ccccc2)C1. The van der Waals surface area contributed by atoms with E-state index < -0.39 is 17.4 Å². The van der Waals surface area contributed by atoms with Gasteiger partial charge in [0.1, 0.15) is 0 Å². The molecule has 0 radical (unpaired) electrons. The van der Waals surface area contributed by atoms with E-state index in [4.69, 9.17) is 9.47 Å². The molecule has 172 valence electrons. The van der Waals surface area contributed by atoms with Crippen LogP contribution in [-0.2, 0) is 31.9 Å². The highest BCUT2D eigenvalue weighted by Crippen LogP contribution is 2.51. The van der Waals surface area contributed by atoms with Crippen LogP contribution < -0.4 is 0 Å². The van der Waals surface area contributed by atoms with Gasteiger partial charge < -0.3 is 9.47 Å². The second kappa shape index (κ2) is 8.73. The quantitative estimate of drug-likeness (QED) is 0.297. The summed E-state index contributed by atoms with van der Waals surface area (Å²) in [5.41, 5.74) is 4.68. The Labute approximate surface area is 203 Å². The summed E-state index contributed by atoms with van der Waals surface area (Å²) >= 11 is 0. The molecule has 0 atom stereocenters. The van der Waals surface area contributed by atoms with E-state index in [1.165, 1.54) is 14.2 Å². The number of esters is 2. The number of carbonyl (C=O) groups excluding carboxylic acids is 2. The fourth-order valence-corrected chi connectivity index (χ4v) is 5.35. The molecule has 0 saturated heterocycles. The highest BCUT2D eigenvalue weighted by atomic mass is 16.5. The normalized spacial score (nSPS) is 13.6. The number of rotatable bonds is 4. The summed E-state index contributed by atoms with van der Waals surface area (Å²) in [5, 5.41) is 11.5. The molecule has 5 nitrogen and oxygen atoms in total. The van der Waals surface area contributed by atoms with E-state index in [1.807, 2.05) is 72.8 Å². The summed E-state index contributed by atoms with van der Waals surface area (Å²) in [6.45, 7) is 0. The Hall–Kier alpha value is -4.43. The fraction of sp³-hybridized carbons (Fsp3) is 0.167. The molecule has 0 N–H and O–H groups in total. The van der Waals surface area contributed by atoms with E-state index in [2.05, 4.69) is 6.07 Å². The number of nitrogens with zero attached hydrogens (tertiary/aromatic N) is 1. The molecule has 1 aliphatic rings. The summed E-state index contributed by atoms with van der Waals surface area (Å²) < 4.78 is 10.3. The van der Waals surface area contributed by atoms with Crippen molar-refractivity contribution in [3.8, 4) is 28.3 Å². The Kier molecular flexibility index (Phi) is 5.58. The number of hydrogen-bond donors (Lipinski definition) is 0. The minimum Gasteiger partial charge on any atom is -0.468 e. The molecule has 0 saturated carbocycles. The molecule has 0 aromatic heterocycles. The van der Waals surface area contributed by atoms with Gasteiger partial charge in [-0.05, 0) is 56.3 Å². The number of methoxy groups -OCH3 is 2. The van der Waals surface area contributed by atoms with Gasteiger partial charge in [0.05, 0.1) is 25.9 Å². The zero-order valence-corrected chi connectivity index (χ0v) is 19.5. The van der Waals surface area contributed by atoms with Crippen molar-refractivity contribution in [3.05, 3.63) is 95.6 Å². The fourth-order valence-electron chi connectivity index (χ4n) is 5.35. The van der Waals surface area contributed by atoms with Crippen molar-refractivity contribution in [2.45, 2.75) is 12.8 Å². The molecule has 4 aromatic carbocycles. The first-order valence-electron chi connectivity index (χ1n) is 11.3. The number of hydrogen-bond acceptors (Lipinski definition) is 5. The van der Waals surface area contributed by atoms with Crippen LogP contribution in [0.25, 0.3) is 33.0 Å². The Balaban J connectivity index is 1.95. The lowest BCUT2D eigenvalue weighted by Gasteiger charge is -2.22. The van der Waals surface area contributed by atoms with Crippen LogP contribution in [0.3, 0.4) is 0 Å². The molecule has 0 spiro atoms. The summed E-state index contributed by atoms with van der Waals surface area (Å²) in [5.74, 6) is -1.22. The van der Waals surface area contributed by atoms with Gasteiger partial charge in [0.25, 0.3) is 0 Å². The van der Waals surface area contributed by atoms with Crippen LogP contribution in [0.15, 0.2) is 78.9 Å². The second-order valence-electron chi connectivity index (χ2n) is 8.73. The van der Waals surface area contributed by atoms with Crippen LogP contribution in [0.4, 0.5) is 0 Å². The van der Waals surface area contributed by atoms with Crippen molar-refractivity contribution in [2.75, 3.05) is 14.2 Å². The summed E-state index contributed by atoms with van der Waals surface area (Å²) in [6, 6.07) is 27.7.